The standard InChI is InChI=1S/C18H22N4O2S2/c1-13-3-5-14(6-4-13)11-15-17(24)22(18(25)26-15)12-16(23)19-21-9-7-20(2)8-10-21/h3-6,11H,7-10,12H2,1-2H3,(H,19,23)/b15-11-. The molecule has 0 atom stereocenters. The van der Waals surface area contributed by atoms with Gasteiger partial charge in [0.1, 0.15) is 10.9 Å². The van der Waals surface area contributed by atoms with E-state index in [9.17, 15) is 9.59 Å². The number of nitrogens with one attached hydrogen (secondary N) is 1. The zero-order chi connectivity index (χ0) is 18.7. The Morgan fingerprint density at radius 2 is 1.88 bits per heavy atom. The predicted molar refractivity (Wildman–Crippen MR) is 108 cm³/mol. The molecule has 2 heterocycles. The predicted octanol–water partition coefficient (Wildman–Crippen LogP) is 1.47. The molecule has 2 fully saturated rings. The molecule has 0 aromatic heterocycles. The summed E-state index contributed by atoms with van der Waals surface area (Å²) in [6.45, 7) is 5.31. The minimum Gasteiger partial charge on any atom is -0.304 e. The second-order valence-electron chi connectivity index (χ2n) is 6.50. The average molecular weight is 391 g/mol. The highest BCUT2D eigenvalue weighted by Gasteiger charge is 2.33. The van der Waals surface area contributed by atoms with Crippen LogP contribution in [-0.2, 0) is 9.59 Å². The smallest absolute Gasteiger partial charge is 0.266 e. The summed E-state index contributed by atoms with van der Waals surface area (Å²) in [5.74, 6) is -0.434. The highest BCUT2D eigenvalue weighted by atomic mass is 32.2. The molecule has 2 aliphatic heterocycles. The number of rotatable bonds is 4. The summed E-state index contributed by atoms with van der Waals surface area (Å²) < 4.78 is 0.418. The van der Waals surface area contributed by atoms with Gasteiger partial charge in [-0.05, 0) is 25.6 Å². The van der Waals surface area contributed by atoms with Gasteiger partial charge in [0.25, 0.3) is 11.8 Å². The zero-order valence-electron chi connectivity index (χ0n) is 14.9. The van der Waals surface area contributed by atoms with Crippen molar-refractivity contribution in [2.75, 3.05) is 39.8 Å². The number of amides is 2. The molecule has 26 heavy (non-hydrogen) atoms. The number of hydrogen-bond donors (Lipinski definition) is 1. The van der Waals surface area contributed by atoms with Crippen molar-refractivity contribution in [1.29, 1.82) is 0 Å². The van der Waals surface area contributed by atoms with Crippen LogP contribution in [0.3, 0.4) is 0 Å². The van der Waals surface area contributed by atoms with Crippen molar-refractivity contribution >= 4 is 46.2 Å². The average Bonchev–Trinajstić information content (AvgIpc) is 2.86. The van der Waals surface area contributed by atoms with E-state index in [1.165, 1.54) is 16.7 Å². The number of hydrogen-bond acceptors (Lipinski definition) is 6. The molecule has 1 aromatic carbocycles. The first kappa shape index (κ1) is 19.0. The van der Waals surface area contributed by atoms with Gasteiger partial charge in [0.05, 0.1) is 4.91 Å². The lowest BCUT2D eigenvalue weighted by Gasteiger charge is -2.32. The highest BCUT2D eigenvalue weighted by Crippen LogP contribution is 2.32. The molecule has 1 N–H and O–H groups in total. The topological polar surface area (TPSA) is 55.9 Å². The van der Waals surface area contributed by atoms with Crippen molar-refractivity contribution in [1.82, 2.24) is 20.2 Å². The Balaban J connectivity index is 1.60. The second kappa shape index (κ2) is 8.30. The van der Waals surface area contributed by atoms with Crippen LogP contribution in [0.2, 0.25) is 0 Å². The van der Waals surface area contributed by atoms with E-state index in [4.69, 9.17) is 12.2 Å². The van der Waals surface area contributed by atoms with E-state index < -0.39 is 0 Å². The zero-order valence-corrected chi connectivity index (χ0v) is 16.5. The van der Waals surface area contributed by atoms with Crippen molar-refractivity contribution in [3.63, 3.8) is 0 Å². The summed E-state index contributed by atoms with van der Waals surface area (Å²) >= 11 is 6.53. The number of carbonyl (C=O) groups excluding carboxylic acids is 2. The Labute approximate surface area is 163 Å². The van der Waals surface area contributed by atoms with Gasteiger partial charge in [0.15, 0.2) is 0 Å². The number of benzene rings is 1. The van der Waals surface area contributed by atoms with Crippen molar-refractivity contribution in [3.8, 4) is 0 Å². The summed E-state index contributed by atoms with van der Waals surface area (Å²) in [6, 6.07) is 7.91. The van der Waals surface area contributed by atoms with E-state index in [0.717, 1.165) is 37.3 Å². The molecule has 1 aromatic rings. The van der Waals surface area contributed by atoms with Crippen LogP contribution in [0.25, 0.3) is 6.08 Å². The van der Waals surface area contributed by atoms with Crippen molar-refractivity contribution in [2.45, 2.75) is 6.92 Å². The maximum Gasteiger partial charge on any atom is 0.266 e. The van der Waals surface area contributed by atoms with Crippen LogP contribution in [0, 0.1) is 6.92 Å². The first-order valence-corrected chi connectivity index (χ1v) is 9.70. The molecule has 2 aliphatic rings. The SMILES string of the molecule is Cc1ccc(/C=C2\SC(=S)N(CC(=O)NN3CCN(C)CC3)C2=O)cc1. The number of aryl methyl sites for hydroxylation is 1. The lowest BCUT2D eigenvalue weighted by molar-refractivity contribution is -0.132. The third-order valence-electron chi connectivity index (χ3n) is 4.34. The van der Waals surface area contributed by atoms with Crippen molar-refractivity contribution in [3.05, 3.63) is 40.3 Å². The number of nitrogens with zero attached hydrogens (tertiary/aromatic N) is 3. The van der Waals surface area contributed by atoms with E-state index in [2.05, 4.69) is 17.4 Å². The van der Waals surface area contributed by atoms with Gasteiger partial charge in [-0.15, -0.1) is 0 Å². The largest absolute Gasteiger partial charge is 0.304 e. The fourth-order valence-corrected chi connectivity index (χ4v) is 3.98. The maximum atomic E-state index is 12.6. The lowest BCUT2D eigenvalue weighted by atomic mass is 10.1. The van der Waals surface area contributed by atoms with Crippen LogP contribution < -0.4 is 5.43 Å². The third kappa shape index (κ3) is 4.70. The van der Waals surface area contributed by atoms with Gasteiger partial charge in [0.2, 0.25) is 0 Å². The van der Waals surface area contributed by atoms with E-state index in [0.29, 0.717) is 9.23 Å². The van der Waals surface area contributed by atoms with Crippen LogP contribution in [0.1, 0.15) is 11.1 Å². The quantitative estimate of drug-likeness (QED) is 0.621. The highest BCUT2D eigenvalue weighted by molar-refractivity contribution is 8.26. The molecule has 138 valence electrons. The molecule has 0 spiro atoms. The third-order valence-corrected chi connectivity index (χ3v) is 5.71. The van der Waals surface area contributed by atoms with Gasteiger partial charge >= 0.3 is 0 Å². The first-order valence-electron chi connectivity index (χ1n) is 8.47. The molecule has 3 rings (SSSR count). The van der Waals surface area contributed by atoms with E-state index in [1.54, 1.807) is 0 Å². The summed E-state index contributed by atoms with van der Waals surface area (Å²) in [6.07, 6.45) is 1.82. The number of thiocarbonyl (C=S) groups is 1. The summed E-state index contributed by atoms with van der Waals surface area (Å²) in [5, 5.41) is 1.89. The maximum absolute atomic E-state index is 12.6. The van der Waals surface area contributed by atoms with Crippen LogP contribution in [0.5, 0.6) is 0 Å². The lowest BCUT2D eigenvalue weighted by Crippen LogP contribution is -2.54. The molecule has 2 saturated heterocycles. The Bertz CT molecular complexity index is 740. The Morgan fingerprint density at radius 1 is 1.23 bits per heavy atom. The normalized spacial score (nSPS) is 20.8. The Hall–Kier alpha value is -1.74. The van der Waals surface area contributed by atoms with E-state index in [1.807, 2.05) is 42.3 Å². The van der Waals surface area contributed by atoms with Crippen molar-refractivity contribution in [2.24, 2.45) is 0 Å². The van der Waals surface area contributed by atoms with Crippen molar-refractivity contribution < 1.29 is 9.59 Å². The van der Waals surface area contributed by atoms with Crippen LogP contribution in [-0.4, -0.2) is 70.7 Å². The van der Waals surface area contributed by atoms with Gasteiger partial charge in [-0.1, -0.05) is 53.8 Å². The second-order valence-corrected chi connectivity index (χ2v) is 8.18. The van der Waals surface area contributed by atoms with Gasteiger partial charge < -0.3 is 4.90 Å². The van der Waals surface area contributed by atoms with Gasteiger partial charge in [0, 0.05) is 26.2 Å². The number of likely N-dealkylation sites (N-methyl/N-ethyl adjacent to an activating group) is 1. The van der Waals surface area contributed by atoms with Gasteiger partial charge in [-0.3, -0.25) is 19.9 Å². The molecule has 6 nitrogen and oxygen atoms in total. The fourth-order valence-electron chi connectivity index (χ4n) is 2.72. The number of thioether (sulfide) groups is 1. The minimum atomic E-state index is -0.220. The molecule has 0 unspecified atom stereocenters. The molecule has 0 radical (unpaired) electrons. The Morgan fingerprint density at radius 3 is 2.54 bits per heavy atom. The number of piperazine rings is 1. The monoisotopic (exact) mass is 390 g/mol. The fraction of sp³-hybridized carbons (Fsp3) is 0.389. The van der Waals surface area contributed by atoms with Crippen LogP contribution in [0.4, 0.5) is 0 Å². The minimum absolute atomic E-state index is 0.0533. The molecule has 8 heteroatoms. The molecule has 2 amide bonds. The van der Waals surface area contributed by atoms with Gasteiger partial charge in [-0.2, -0.15) is 0 Å². The molecule has 0 aliphatic carbocycles. The van der Waals surface area contributed by atoms with Gasteiger partial charge in [-0.25, -0.2) is 5.01 Å². The molecular weight excluding hydrogens is 368 g/mol. The molecular formula is C18H22N4O2S2. The molecule has 0 bridgehead atoms. The summed E-state index contributed by atoms with van der Waals surface area (Å²) in [4.78, 5) is 29.0. The summed E-state index contributed by atoms with van der Waals surface area (Å²) in [5.41, 5.74) is 4.97. The van der Waals surface area contributed by atoms with E-state index in [-0.39, 0.29) is 18.4 Å². The van der Waals surface area contributed by atoms with Crippen LogP contribution >= 0.6 is 24.0 Å². The molecule has 0 saturated carbocycles. The van der Waals surface area contributed by atoms with E-state index >= 15 is 0 Å². The number of hydrazine groups is 1. The first-order chi connectivity index (χ1) is 12.4. The Kier molecular flexibility index (Phi) is 6.08. The van der Waals surface area contributed by atoms with Crippen LogP contribution in [0.15, 0.2) is 29.2 Å². The number of carbonyl (C=O) groups is 2. The summed E-state index contributed by atoms with van der Waals surface area (Å²) in [7, 11) is 2.06.